The fraction of sp³-hybridized carbons (Fsp3) is 0.158. The summed E-state index contributed by atoms with van der Waals surface area (Å²) in [4.78, 5) is 24.1. The Kier molecular flexibility index (Phi) is 4.28. The van der Waals surface area contributed by atoms with E-state index in [1.54, 1.807) is 13.0 Å². The van der Waals surface area contributed by atoms with Crippen LogP contribution < -0.4 is 5.63 Å². The standard InChI is InChI=1S/C19H15BrO4/c1-10-4-6-12(7-5-10)17-13(20)8-9-14-15(17)11(2)16(18(21)23-3)19(22)24-14/h4-9H,1-3H3. The van der Waals surface area contributed by atoms with Gasteiger partial charge in [0.15, 0.2) is 0 Å². The van der Waals surface area contributed by atoms with Gasteiger partial charge in [0, 0.05) is 15.4 Å². The van der Waals surface area contributed by atoms with Gasteiger partial charge >= 0.3 is 11.6 Å². The van der Waals surface area contributed by atoms with Crippen molar-refractivity contribution < 1.29 is 13.9 Å². The highest BCUT2D eigenvalue weighted by Crippen LogP contribution is 2.37. The molecule has 0 atom stereocenters. The summed E-state index contributed by atoms with van der Waals surface area (Å²) in [5.41, 5.74) is 3.20. The molecule has 0 aliphatic rings. The number of carbonyl (C=O) groups excluding carboxylic acids is 1. The molecule has 1 aromatic heterocycles. The van der Waals surface area contributed by atoms with Crippen LogP contribution in [0.1, 0.15) is 21.5 Å². The molecule has 2 aromatic carbocycles. The monoisotopic (exact) mass is 386 g/mol. The van der Waals surface area contributed by atoms with Gasteiger partial charge in [-0.05, 0) is 37.1 Å². The quantitative estimate of drug-likeness (QED) is 0.476. The average Bonchev–Trinajstić information content (AvgIpc) is 2.56. The number of rotatable bonds is 2. The molecule has 24 heavy (non-hydrogen) atoms. The lowest BCUT2D eigenvalue weighted by atomic mass is 9.95. The van der Waals surface area contributed by atoms with Crippen LogP contribution >= 0.6 is 15.9 Å². The smallest absolute Gasteiger partial charge is 0.351 e. The highest BCUT2D eigenvalue weighted by Gasteiger charge is 2.22. The Morgan fingerprint density at radius 3 is 2.38 bits per heavy atom. The highest BCUT2D eigenvalue weighted by molar-refractivity contribution is 9.10. The molecule has 0 bridgehead atoms. The number of aryl methyl sites for hydroxylation is 2. The molecule has 0 fully saturated rings. The predicted octanol–water partition coefficient (Wildman–Crippen LogP) is 4.63. The van der Waals surface area contributed by atoms with Gasteiger partial charge in [0.25, 0.3) is 0 Å². The number of esters is 1. The number of hydrogen-bond acceptors (Lipinski definition) is 4. The Hall–Kier alpha value is -2.40. The number of benzene rings is 2. The van der Waals surface area contributed by atoms with Gasteiger partial charge in [-0.3, -0.25) is 0 Å². The predicted molar refractivity (Wildman–Crippen MR) is 96.4 cm³/mol. The summed E-state index contributed by atoms with van der Waals surface area (Å²) in [5, 5.41) is 0.716. The number of methoxy groups -OCH3 is 1. The maximum absolute atomic E-state index is 12.2. The van der Waals surface area contributed by atoms with Crippen molar-refractivity contribution in [2.24, 2.45) is 0 Å². The summed E-state index contributed by atoms with van der Waals surface area (Å²) in [7, 11) is 1.24. The van der Waals surface area contributed by atoms with Crippen molar-refractivity contribution in [2.45, 2.75) is 13.8 Å². The van der Waals surface area contributed by atoms with Gasteiger partial charge in [-0.2, -0.15) is 0 Å². The molecular weight excluding hydrogens is 372 g/mol. The Bertz CT molecular complexity index is 1000. The molecule has 0 spiro atoms. The number of fused-ring (bicyclic) bond motifs is 1. The van der Waals surface area contributed by atoms with Gasteiger partial charge in [-0.25, -0.2) is 9.59 Å². The summed E-state index contributed by atoms with van der Waals surface area (Å²) in [6.07, 6.45) is 0. The van der Waals surface area contributed by atoms with Crippen LogP contribution in [-0.2, 0) is 4.74 Å². The van der Waals surface area contributed by atoms with Crippen LogP contribution in [0.3, 0.4) is 0 Å². The lowest BCUT2D eigenvalue weighted by Crippen LogP contribution is -2.17. The minimum absolute atomic E-state index is 0.0727. The molecule has 122 valence electrons. The van der Waals surface area contributed by atoms with E-state index in [0.717, 1.165) is 21.2 Å². The van der Waals surface area contributed by atoms with Crippen molar-refractivity contribution in [3.05, 3.63) is 68.0 Å². The van der Waals surface area contributed by atoms with E-state index >= 15 is 0 Å². The van der Waals surface area contributed by atoms with Gasteiger partial charge in [0.2, 0.25) is 0 Å². The summed E-state index contributed by atoms with van der Waals surface area (Å²) < 4.78 is 10.9. The molecule has 5 heteroatoms. The van der Waals surface area contributed by atoms with Gasteiger partial charge in [0.1, 0.15) is 11.1 Å². The largest absolute Gasteiger partial charge is 0.465 e. The Labute approximate surface area is 147 Å². The fourth-order valence-electron chi connectivity index (χ4n) is 2.79. The van der Waals surface area contributed by atoms with Crippen molar-refractivity contribution in [1.82, 2.24) is 0 Å². The van der Waals surface area contributed by atoms with Gasteiger partial charge < -0.3 is 9.15 Å². The molecule has 0 N–H and O–H groups in total. The molecule has 0 saturated heterocycles. The van der Waals surface area contributed by atoms with Crippen LogP contribution in [0.5, 0.6) is 0 Å². The van der Waals surface area contributed by atoms with Crippen LogP contribution in [0.4, 0.5) is 0 Å². The van der Waals surface area contributed by atoms with E-state index < -0.39 is 11.6 Å². The second kappa shape index (κ2) is 6.24. The zero-order chi connectivity index (χ0) is 17.4. The minimum atomic E-state index is -0.696. The second-order valence-corrected chi connectivity index (χ2v) is 6.40. The zero-order valence-corrected chi connectivity index (χ0v) is 15.1. The second-order valence-electron chi connectivity index (χ2n) is 5.54. The van der Waals surface area contributed by atoms with Crippen molar-refractivity contribution in [3.8, 4) is 11.1 Å². The van der Waals surface area contributed by atoms with Crippen LogP contribution in [0.15, 0.2) is 50.1 Å². The third-order valence-corrected chi connectivity index (χ3v) is 4.66. The Morgan fingerprint density at radius 1 is 1.08 bits per heavy atom. The first-order chi connectivity index (χ1) is 11.4. The first-order valence-corrected chi connectivity index (χ1v) is 8.14. The molecule has 0 saturated carbocycles. The topological polar surface area (TPSA) is 56.5 Å². The van der Waals surface area contributed by atoms with E-state index in [9.17, 15) is 9.59 Å². The van der Waals surface area contributed by atoms with Crippen LogP contribution in [0.2, 0.25) is 0 Å². The Morgan fingerprint density at radius 2 is 1.75 bits per heavy atom. The molecule has 1 heterocycles. The lowest BCUT2D eigenvalue weighted by Gasteiger charge is -2.13. The van der Waals surface area contributed by atoms with Gasteiger partial charge in [0.05, 0.1) is 7.11 Å². The van der Waals surface area contributed by atoms with Gasteiger partial charge in [-0.15, -0.1) is 0 Å². The van der Waals surface area contributed by atoms with E-state index in [4.69, 9.17) is 9.15 Å². The van der Waals surface area contributed by atoms with E-state index in [-0.39, 0.29) is 5.56 Å². The minimum Gasteiger partial charge on any atom is -0.465 e. The van der Waals surface area contributed by atoms with Gasteiger partial charge in [-0.1, -0.05) is 45.8 Å². The van der Waals surface area contributed by atoms with Crippen molar-refractivity contribution in [1.29, 1.82) is 0 Å². The van der Waals surface area contributed by atoms with Crippen LogP contribution in [-0.4, -0.2) is 13.1 Å². The van der Waals surface area contributed by atoms with E-state index in [1.807, 2.05) is 37.3 Å². The molecular formula is C19H15BrO4. The first kappa shape index (κ1) is 16.5. The molecule has 3 rings (SSSR count). The number of carbonyl (C=O) groups is 1. The van der Waals surface area contributed by atoms with Crippen molar-refractivity contribution in [3.63, 3.8) is 0 Å². The maximum atomic E-state index is 12.2. The summed E-state index contributed by atoms with van der Waals surface area (Å²) >= 11 is 3.57. The van der Waals surface area contributed by atoms with Crippen LogP contribution in [0.25, 0.3) is 22.1 Å². The number of halogens is 1. The molecule has 0 aliphatic carbocycles. The van der Waals surface area contributed by atoms with Crippen molar-refractivity contribution in [2.75, 3.05) is 7.11 Å². The molecule has 0 radical (unpaired) electrons. The summed E-state index contributed by atoms with van der Waals surface area (Å²) in [6.45, 7) is 3.75. The number of hydrogen-bond donors (Lipinski definition) is 0. The first-order valence-electron chi connectivity index (χ1n) is 7.35. The SMILES string of the molecule is COC(=O)c1c(C)c2c(-c3ccc(C)cc3)c(Br)ccc2oc1=O. The highest BCUT2D eigenvalue weighted by atomic mass is 79.9. The molecule has 4 nitrogen and oxygen atoms in total. The molecule has 0 amide bonds. The maximum Gasteiger partial charge on any atom is 0.351 e. The third kappa shape index (κ3) is 2.65. The zero-order valence-electron chi connectivity index (χ0n) is 13.5. The Balaban J connectivity index is 2.45. The average molecular weight is 387 g/mol. The van der Waals surface area contributed by atoms with E-state index in [0.29, 0.717) is 16.5 Å². The fourth-order valence-corrected chi connectivity index (χ4v) is 3.34. The molecule has 0 aliphatic heterocycles. The summed E-state index contributed by atoms with van der Waals surface area (Å²) in [5.74, 6) is -0.696. The number of ether oxygens (including phenoxy) is 1. The van der Waals surface area contributed by atoms with E-state index in [2.05, 4.69) is 15.9 Å². The summed E-state index contributed by atoms with van der Waals surface area (Å²) in [6, 6.07) is 11.6. The van der Waals surface area contributed by atoms with Crippen molar-refractivity contribution >= 4 is 32.9 Å². The normalized spacial score (nSPS) is 10.8. The van der Waals surface area contributed by atoms with Crippen LogP contribution in [0, 0.1) is 13.8 Å². The third-order valence-electron chi connectivity index (χ3n) is 4.00. The lowest BCUT2D eigenvalue weighted by molar-refractivity contribution is 0.0595. The molecule has 0 unspecified atom stereocenters. The van der Waals surface area contributed by atoms with E-state index in [1.165, 1.54) is 7.11 Å². The molecule has 3 aromatic rings.